The zero-order chi connectivity index (χ0) is 20.6. The summed E-state index contributed by atoms with van der Waals surface area (Å²) in [5, 5.41) is 0.739. The highest BCUT2D eigenvalue weighted by molar-refractivity contribution is 5.75. The van der Waals surface area contributed by atoms with Crippen molar-refractivity contribution in [3.05, 3.63) is 35.4 Å². The SMILES string of the molecule is O=C(ON1CCC(c2ccc(C(F)(C(F)F)C(F)(F)F)cc2)C1)C(F)(F)F. The van der Waals surface area contributed by atoms with Gasteiger partial charge in [0.25, 0.3) is 12.1 Å². The summed E-state index contributed by atoms with van der Waals surface area (Å²) in [6.45, 7) is -0.253. The molecule has 1 aromatic rings. The zero-order valence-corrected chi connectivity index (χ0v) is 13.3. The summed E-state index contributed by atoms with van der Waals surface area (Å²) >= 11 is 0. The van der Waals surface area contributed by atoms with E-state index >= 15 is 0 Å². The fourth-order valence-electron chi connectivity index (χ4n) is 2.66. The van der Waals surface area contributed by atoms with E-state index in [2.05, 4.69) is 4.84 Å². The summed E-state index contributed by atoms with van der Waals surface area (Å²) < 4.78 is 114. The first-order chi connectivity index (χ1) is 12.3. The number of alkyl halides is 9. The van der Waals surface area contributed by atoms with E-state index in [1.807, 2.05) is 0 Å². The van der Waals surface area contributed by atoms with Crippen molar-refractivity contribution >= 4 is 5.97 Å². The molecule has 0 N–H and O–H groups in total. The molecular formula is C15H12F9NO2. The average molecular weight is 409 g/mol. The lowest BCUT2D eigenvalue weighted by atomic mass is 9.91. The van der Waals surface area contributed by atoms with Crippen LogP contribution in [-0.2, 0) is 15.3 Å². The molecule has 27 heavy (non-hydrogen) atoms. The van der Waals surface area contributed by atoms with Crippen LogP contribution in [0.3, 0.4) is 0 Å². The molecule has 0 amide bonds. The van der Waals surface area contributed by atoms with Gasteiger partial charge in [0.05, 0.1) is 0 Å². The lowest BCUT2D eigenvalue weighted by molar-refractivity contribution is -0.274. The fraction of sp³-hybridized carbons (Fsp3) is 0.533. The second-order valence-corrected chi connectivity index (χ2v) is 5.88. The van der Waals surface area contributed by atoms with E-state index in [0.29, 0.717) is 12.1 Å². The lowest BCUT2D eigenvalue weighted by Crippen LogP contribution is -2.44. The molecule has 0 radical (unpaired) electrons. The van der Waals surface area contributed by atoms with Crippen LogP contribution >= 0.6 is 0 Å². The summed E-state index contributed by atoms with van der Waals surface area (Å²) in [6, 6.07) is 3.08. The molecule has 12 heteroatoms. The second kappa shape index (κ2) is 7.21. The molecule has 152 valence electrons. The standard InChI is InChI=1S/C15H12F9NO2/c16-11(17)13(18,15(22,23)24)10-3-1-8(2-4-10)9-5-6-25(7-9)27-12(26)14(19,20)21/h1-4,9,11H,5-7H2. The number of hydroxylamine groups is 2. The Balaban J connectivity index is 2.11. The maximum Gasteiger partial charge on any atom is 0.492 e. The first kappa shape index (κ1) is 21.3. The molecule has 0 aliphatic carbocycles. The molecule has 3 nitrogen and oxygen atoms in total. The summed E-state index contributed by atoms with van der Waals surface area (Å²) in [4.78, 5) is 14.9. The highest BCUT2D eigenvalue weighted by atomic mass is 19.4. The highest BCUT2D eigenvalue weighted by Crippen LogP contribution is 2.47. The molecule has 2 unspecified atom stereocenters. The van der Waals surface area contributed by atoms with E-state index in [4.69, 9.17) is 0 Å². The molecule has 0 aromatic heterocycles. The number of carbonyl (C=O) groups is 1. The van der Waals surface area contributed by atoms with Crippen LogP contribution in [-0.4, -0.2) is 42.9 Å². The molecule has 1 fully saturated rings. The molecule has 1 aliphatic rings. The average Bonchev–Trinajstić information content (AvgIpc) is 3.00. The Labute approximate surface area is 146 Å². The highest BCUT2D eigenvalue weighted by Gasteiger charge is 2.63. The van der Waals surface area contributed by atoms with Gasteiger partial charge in [0.2, 0.25) is 0 Å². The minimum absolute atomic E-state index is 0.0686. The molecule has 1 heterocycles. The number of hydrogen-bond donors (Lipinski definition) is 0. The largest absolute Gasteiger partial charge is 0.492 e. The molecular weight excluding hydrogens is 397 g/mol. The van der Waals surface area contributed by atoms with Gasteiger partial charge in [0, 0.05) is 24.6 Å². The van der Waals surface area contributed by atoms with Gasteiger partial charge in [-0.05, 0) is 12.0 Å². The van der Waals surface area contributed by atoms with E-state index in [0.717, 1.165) is 17.2 Å². The van der Waals surface area contributed by atoms with Crippen molar-refractivity contribution in [3.8, 4) is 0 Å². The van der Waals surface area contributed by atoms with E-state index in [1.165, 1.54) is 0 Å². The summed E-state index contributed by atoms with van der Waals surface area (Å²) in [5.41, 5.74) is -5.84. The maximum absolute atomic E-state index is 13.9. The molecule has 2 rings (SSSR count). The van der Waals surface area contributed by atoms with Gasteiger partial charge in [-0.1, -0.05) is 24.3 Å². The molecule has 2 atom stereocenters. The molecule has 1 saturated heterocycles. The second-order valence-electron chi connectivity index (χ2n) is 5.88. The quantitative estimate of drug-likeness (QED) is 0.687. The third-order valence-electron chi connectivity index (χ3n) is 4.11. The Hall–Kier alpha value is -1.98. The van der Waals surface area contributed by atoms with Crippen LogP contribution in [0.1, 0.15) is 23.5 Å². The van der Waals surface area contributed by atoms with Crippen molar-refractivity contribution in [2.45, 2.75) is 36.8 Å². The van der Waals surface area contributed by atoms with Crippen molar-refractivity contribution in [2.75, 3.05) is 13.1 Å². The predicted octanol–water partition coefficient (Wildman–Crippen LogP) is 4.49. The summed E-state index contributed by atoms with van der Waals surface area (Å²) in [7, 11) is 0. The monoisotopic (exact) mass is 409 g/mol. The van der Waals surface area contributed by atoms with Crippen LogP contribution < -0.4 is 0 Å². The first-order valence-corrected chi connectivity index (χ1v) is 7.45. The van der Waals surface area contributed by atoms with Crippen LogP contribution in [0.25, 0.3) is 0 Å². The topological polar surface area (TPSA) is 29.5 Å². The Kier molecular flexibility index (Phi) is 5.69. The third kappa shape index (κ3) is 4.30. The van der Waals surface area contributed by atoms with Gasteiger partial charge >= 0.3 is 18.3 Å². The van der Waals surface area contributed by atoms with Gasteiger partial charge < -0.3 is 4.84 Å². The number of benzene rings is 1. The minimum Gasteiger partial charge on any atom is -0.361 e. The molecule has 1 aromatic carbocycles. The van der Waals surface area contributed by atoms with Crippen molar-refractivity contribution in [1.82, 2.24) is 5.06 Å². The number of rotatable bonds is 4. The van der Waals surface area contributed by atoms with Crippen molar-refractivity contribution in [3.63, 3.8) is 0 Å². The summed E-state index contributed by atoms with van der Waals surface area (Å²) in [5.74, 6) is -2.95. The molecule has 0 spiro atoms. The third-order valence-corrected chi connectivity index (χ3v) is 4.11. The first-order valence-electron chi connectivity index (χ1n) is 7.45. The van der Waals surface area contributed by atoms with Crippen LogP contribution in [0.5, 0.6) is 0 Å². The summed E-state index contributed by atoms with van der Waals surface area (Å²) in [6.07, 6.45) is -15.2. The fourth-order valence-corrected chi connectivity index (χ4v) is 2.66. The molecule has 0 bridgehead atoms. The van der Waals surface area contributed by atoms with E-state index in [9.17, 15) is 44.3 Å². The zero-order valence-electron chi connectivity index (χ0n) is 13.3. The van der Waals surface area contributed by atoms with Crippen LogP contribution in [0.15, 0.2) is 24.3 Å². The molecule has 1 aliphatic heterocycles. The van der Waals surface area contributed by atoms with Gasteiger partial charge in [0.15, 0.2) is 0 Å². The van der Waals surface area contributed by atoms with E-state index in [1.54, 1.807) is 0 Å². The Morgan fingerprint density at radius 2 is 1.59 bits per heavy atom. The van der Waals surface area contributed by atoms with Gasteiger partial charge in [-0.15, -0.1) is 5.06 Å². The van der Waals surface area contributed by atoms with Crippen LogP contribution in [0.2, 0.25) is 0 Å². The Morgan fingerprint density at radius 1 is 1.04 bits per heavy atom. The normalized spacial score (nSPS) is 21.3. The van der Waals surface area contributed by atoms with Gasteiger partial charge in [-0.2, -0.15) is 26.3 Å². The van der Waals surface area contributed by atoms with Crippen LogP contribution in [0, 0.1) is 0 Å². The van der Waals surface area contributed by atoms with Gasteiger partial charge in [-0.3, -0.25) is 0 Å². The predicted molar refractivity (Wildman–Crippen MR) is 72.4 cm³/mol. The number of hydrogen-bond acceptors (Lipinski definition) is 3. The van der Waals surface area contributed by atoms with E-state index < -0.39 is 41.9 Å². The number of halogens is 9. The van der Waals surface area contributed by atoms with Crippen LogP contribution in [0.4, 0.5) is 39.5 Å². The van der Waals surface area contributed by atoms with Gasteiger partial charge in [0.1, 0.15) is 0 Å². The smallest absolute Gasteiger partial charge is 0.361 e. The number of nitrogens with zero attached hydrogens (tertiary/aromatic N) is 1. The number of carbonyl (C=O) groups excluding carboxylic acids is 1. The molecule has 0 saturated carbocycles. The Bertz CT molecular complexity index is 671. The maximum atomic E-state index is 13.9. The van der Waals surface area contributed by atoms with Crippen molar-refractivity contribution in [2.24, 2.45) is 0 Å². The minimum atomic E-state index is -5.83. The van der Waals surface area contributed by atoms with Crippen molar-refractivity contribution in [1.29, 1.82) is 0 Å². The van der Waals surface area contributed by atoms with E-state index in [-0.39, 0.29) is 25.1 Å². The Morgan fingerprint density at radius 3 is 2.04 bits per heavy atom. The van der Waals surface area contributed by atoms with Crippen molar-refractivity contribution < 1.29 is 49.1 Å². The van der Waals surface area contributed by atoms with Gasteiger partial charge in [-0.25, -0.2) is 18.0 Å². The lowest BCUT2D eigenvalue weighted by Gasteiger charge is -2.27.